The summed E-state index contributed by atoms with van der Waals surface area (Å²) in [5.41, 5.74) is 3.44. The Kier molecular flexibility index (Phi) is 5.95. The molecule has 0 unspecified atom stereocenters. The molecule has 4 aromatic rings. The first-order valence-electron chi connectivity index (χ1n) is 9.58. The zero-order valence-corrected chi connectivity index (χ0v) is 18.0. The first-order chi connectivity index (χ1) is 15.4. The number of nitrogens with one attached hydrogen (secondary N) is 1. The van der Waals surface area contributed by atoms with Gasteiger partial charge < -0.3 is 5.32 Å². The highest BCUT2D eigenvalue weighted by molar-refractivity contribution is 7.99. The van der Waals surface area contributed by atoms with Crippen molar-refractivity contribution in [2.24, 2.45) is 0 Å². The van der Waals surface area contributed by atoms with Gasteiger partial charge in [-0.1, -0.05) is 0 Å². The molecule has 4 rings (SSSR count). The second-order valence-electron chi connectivity index (χ2n) is 6.96. The van der Waals surface area contributed by atoms with Crippen LogP contribution in [0.2, 0.25) is 0 Å². The molecule has 2 aromatic carbocycles. The molecule has 0 saturated carbocycles. The van der Waals surface area contributed by atoms with Gasteiger partial charge in [0.25, 0.3) is 11.6 Å². The molecule has 0 bridgehead atoms. The maximum absolute atomic E-state index is 12.6. The minimum absolute atomic E-state index is 0.00965. The number of hydrogen-bond donors (Lipinski definition) is 1. The summed E-state index contributed by atoms with van der Waals surface area (Å²) in [6.45, 7) is 3.86. The van der Waals surface area contributed by atoms with Crippen molar-refractivity contribution in [3.05, 3.63) is 94.1 Å². The summed E-state index contributed by atoms with van der Waals surface area (Å²) in [5.74, 6) is -0.309. The van der Waals surface area contributed by atoms with Crippen LogP contribution >= 0.6 is 11.8 Å². The van der Waals surface area contributed by atoms with Crippen LogP contribution in [0, 0.1) is 24.0 Å². The van der Waals surface area contributed by atoms with Crippen LogP contribution in [0.1, 0.15) is 21.7 Å². The van der Waals surface area contributed by atoms with E-state index in [-0.39, 0.29) is 11.6 Å². The Balaban J connectivity index is 1.41. The fourth-order valence-corrected chi connectivity index (χ4v) is 3.82. The minimum Gasteiger partial charge on any atom is -0.322 e. The number of aromatic nitrogens is 4. The van der Waals surface area contributed by atoms with Crippen LogP contribution in [0.4, 0.5) is 11.4 Å². The predicted molar refractivity (Wildman–Crippen MR) is 120 cm³/mol. The third kappa shape index (κ3) is 4.98. The molecule has 9 nitrogen and oxygen atoms in total. The number of nitro groups is 1. The SMILES string of the molecule is Cc1cc(C)nc(Sc2ccc(NC(=O)c3cnn(-c4ccc([N+](=O)[O-])cc4)c3)cc2)n1. The van der Waals surface area contributed by atoms with Gasteiger partial charge >= 0.3 is 0 Å². The highest BCUT2D eigenvalue weighted by Crippen LogP contribution is 2.26. The van der Waals surface area contributed by atoms with E-state index in [1.165, 1.54) is 34.8 Å². The maximum Gasteiger partial charge on any atom is 0.269 e. The number of hydrogen-bond acceptors (Lipinski definition) is 7. The van der Waals surface area contributed by atoms with E-state index in [9.17, 15) is 14.9 Å². The van der Waals surface area contributed by atoms with Crippen molar-refractivity contribution in [3.8, 4) is 5.69 Å². The fraction of sp³-hybridized carbons (Fsp3) is 0.0909. The number of nitro benzene ring substituents is 1. The average Bonchev–Trinajstić information content (AvgIpc) is 3.25. The number of non-ortho nitro benzene ring substituents is 1. The molecule has 160 valence electrons. The lowest BCUT2D eigenvalue weighted by molar-refractivity contribution is -0.384. The Labute approximate surface area is 187 Å². The summed E-state index contributed by atoms with van der Waals surface area (Å²) in [4.78, 5) is 32.7. The lowest BCUT2D eigenvalue weighted by atomic mass is 10.2. The molecular formula is C22H18N6O3S. The summed E-state index contributed by atoms with van der Waals surface area (Å²) < 4.78 is 1.49. The van der Waals surface area contributed by atoms with Crippen molar-refractivity contribution in [1.82, 2.24) is 19.7 Å². The predicted octanol–water partition coefficient (Wildman–Crippen LogP) is 4.59. The fourth-order valence-electron chi connectivity index (χ4n) is 2.96. The maximum atomic E-state index is 12.6. The molecule has 0 aliphatic heterocycles. The summed E-state index contributed by atoms with van der Waals surface area (Å²) in [5, 5.41) is 18.5. The Bertz CT molecular complexity index is 1270. The van der Waals surface area contributed by atoms with Gasteiger partial charge in [0, 0.05) is 40.3 Å². The number of amides is 1. The molecule has 2 heterocycles. The summed E-state index contributed by atoms with van der Waals surface area (Å²) in [6, 6.07) is 15.2. The third-order valence-corrected chi connectivity index (χ3v) is 5.33. The molecule has 0 aliphatic carbocycles. The molecule has 1 amide bonds. The Hall–Kier alpha value is -4.05. The van der Waals surface area contributed by atoms with Crippen molar-refractivity contribution >= 4 is 29.0 Å². The van der Waals surface area contributed by atoms with Crippen molar-refractivity contribution < 1.29 is 9.72 Å². The number of carbonyl (C=O) groups excluding carboxylic acids is 1. The van der Waals surface area contributed by atoms with E-state index in [1.807, 2.05) is 44.2 Å². The van der Waals surface area contributed by atoms with Gasteiger partial charge in [-0.15, -0.1) is 0 Å². The van der Waals surface area contributed by atoms with Gasteiger partial charge in [-0.3, -0.25) is 14.9 Å². The summed E-state index contributed by atoms with van der Waals surface area (Å²) in [7, 11) is 0. The third-order valence-electron chi connectivity index (χ3n) is 4.45. The van der Waals surface area contributed by atoms with Crippen molar-refractivity contribution in [3.63, 3.8) is 0 Å². The van der Waals surface area contributed by atoms with Gasteiger partial charge in [-0.25, -0.2) is 14.6 Å². The van der Waals surface area contributed by atoms with E-state index in [0.29, 0.717) is 22.1 Å². The molecule has 0 spiro atoms. The molecule has 0 saturated heterocycles. The lowest BCUT2D eigenvalue weighted by Crippen LogP contribution is -2.10. The molecule has 32 heavy (non-hydrogen) atoms. The van der Waals surface area contributed by atoms with Crippen LogP contribution in [0.5, 0.6) is 0 Å². The smallest absolute Gasteiger partial charge is 0.269 e. The average molecular weight is 446 g/mol. The van der Waals surface area contributed by atoms with Crippen LogP contribution in [-0.4, -0.2) is 30.6 Å². The zero-order valence-electron chi connectivity index (χ0n) is 17.2. The Morgan fingerprint density at radius 1 is 1.03 bits per heavy atom. The summed E-state index contributed by atoms with van der Waals surface area (Å²) in [6.07, 6.45) is 3.01. The second-order valence-corrected chi connectivity index (χ2v) is 8.00. The van der Waals surface area contributed by atoms with Crippen LogP contribution in [0.15, 0.2) is 77.0 Å². The summed E-state index contributed by atoms with van der Waals surface area (Å²) >= 11 is 1.45. The highest BCUT2D eigenvalue weighted by atomic mass is 32.2. The van der Waals surface area contributed by atoms with E-state index >= 15 is 0 Å². The minimum atomic E-state index is -0.468. The zero-order chi connectivity index (χ0) is 22.7. The number of rotatable bonds is 6. The molecular weight excluding hydrogens is 428 g/mol. The van der Waals surface area contributed by atoms with E-state index in [2.05, 4.69) is 20.4 Å². The van der Waals surface area contributed by atoms with Gasteiger partial charge in [0.15, 0.2) is 5.16 Å². The molecule has 2 aromatic heterocycles. The van der Waals surface area contributed by atoms with E-state index in [0.717, 1.165) is 16.3 Å². The number of benzene rings is 2. The molecule has 0 fully saturated rings. The van der Waals surface area contributed by atoms with E-state index < -0.39 is 4.92 Å². The van der Waals surface area contributed by atoms with Crippen molar-refractivity contribution in [2.75, 3.05) is 5.32 Å². The normalized spacial score (nSPS) is 10.7. The monoisotopic (exact) mass is 446 g/mol. The molecule has 0 aliphatic rings. The van der Waals surface area contributed by atoms with Gasteiger partial charge in [-0.05, 0) is 68.1 Å². The van der Waals surface area contributed by atoms with Gasteiger partial charge in [0.05, 0.1) is 22.4 Å². The van der Waals surface area contributed by atoms with Gasteiger partial charge in [-0.2, -0.15) is 5.10 Å². The topological polar surface area (TPSA) is 116 Å². The molecule has 0 atom stereocenters. The van der Waals surface area contributed by atoms with Gasteiger partial charge in [0.1, 0.15) is 0 Å². The van der Waals surface area contributed by atoms with Crippen LogP contribution in [0.3, 0.4) is 0 Å². The quantitative estimate of drug-likeness (QED) is 0.262. The number of carbonyl (C=O) groups is 1. The first kappa shape index (κ1) is 21.2. The molecule has 0 radical (unpaired) electrons. The van der Waals surface area contributed by atoms with Crippen molar-refractivity contribution in [2.45, 2.75) is 23.9 Å². The van der Waals surface area contributed by atoms with E-state index in [4.69, 9.17) is 0 Å². The van der Waals surface area contributed by atoms with Gasteiger partial charge in [0.2, 0.25) is 0 Å². The van der Waals surface area contributed by atoms with Crippen LogP contribution in [0.25, 0.3) is 5.69 Å². The largest absolute Gasteiger partial charge is 0.322 e. The lowest BCUT2D eigenvalue weighted by Gasteiger charge is -2.06. The second kappa shape index (κ2) is 8.98. The Morgan fingerprint density at radius 3 is 2.31 bits per heavy atom. The molecule has 10 heteroatoms. The molecule has 1 N–H and O–H groups in total. The number of aryl methyl sites for hydroxylation is 2. The number of nitrogens with zero attached hydrogens (tertiary/aromatic N) is 5. The standard InChI is InChI=1S/C22H18N6O3S/c1-14-11-15(2)25-22(24-14)32-20-9-3-17(4-10-20)26-21(29)16-12-23-27(13-16)18-5-7-19(8-6-18)28(30)31/h3-13H,1-2H3,(H,26,29). The highest BCUT2D eigenvalue weighted by Gasteiger charge is 2.11. The van der Waals surface area contributed by atoms with Crippen LogP contribution in [-0.2, 0) is 0 Å². The van der Waals surface area contributed by atoms with E-state index in [1.54, 1.807) is 18.3 Å². The number of anilines is 1. The first-order valence-corrected chi connectivity index (χ1v) is 10.4. The Morgan fingerprint density at radius 2 is 1.69 bits per heavy atom. The van der Waals surface area contributed by atoms with Crippen LogP contribution < -0.4 is 5.32 Å². The van der Waals surface area contributed by atoms with Crippen molar-refractivity contribution in [1.29, 1.82) is 0 Å².